The van der Waals surface area contributed by atoms with E-state index in [4.69, 9.17) is 4.74 Å². The zero-order chi connectivity index (χ0) is 20.9. The number of hydrogen-bond donors (Lipinski definition) is 0. The first kappa shape index (κ1) is 22.7. The molecule has 1 saturated heterocycles. The molecule has 1 fully saturated rings. The maximum atomic E-state index is 12.6. The Kier molecular flexibility index (Phi) is 7.95. The second-order valence-electron chi connectivity index (χ2n) is 7.31. The number of nitrogens with zero attached hydrogens (tertiary/aromatic N) is 1. The van der Waals surface area contributed by atoms with Crippen molar-refractivity contribution in [1.82, 2.24) is 4.90 Å². The number of rotatable bonds is 8. The molecule has 1 aromatic rings. The lowest BCUT2D eigenvalue weighted by atomic mass is 10.1. The lowest BCUT2D eigenvalue weighted by Crippen LogP contribution is -2.48. The number of esters is 1. The summed E-state index contributed by atoms with van der Waals surface area (Å²) in [6, 6.07) is 5.54. The molecular formula is C20H29NO5S2. The predicted molar refractivity (Wildman–Crippen MR) is 111 cm³/mol. The van der Waals surface area contributed by atoms with Crippen LogP contribution in [-0.4, -0.2) is 61.1 Å². The van der Waals surface area contributed by atoms with Gasteiger partial charge in [-0.1, -0.05) is 13.0 Å². The van der Waals surface area contributed by atoms with Crippen LogP contribution in [0.3, 0.4) is 0 Å². The molecule has 0 radical (unpaired) electrons. The van der Waals surface area contributed by atoms with Gasteiger partial charge in [-0.05, 0) is 56.9 Å². The molecule has 0 bridgehead atoms. The second kappa shape index (κ2) is 9.78. The fourth-order valence-corrected chi connectivity index (χ4v) is 5.71. The van der Waals surface area contributed by atoms with Crippen LogP contribution in [0, 0.1) is 13.8 Å². The highest BCUT2D eigenvalue weighted by molar-refractivity contribution is 8.00. The molecule has 1 aliphatic heterocycles. The molecule has 1 amide bonds. The molecule has 28 heavy (non-hydrogen) atoms. The van der Waals surface area contributed by atoms with E-state index in [1.807, 2.05) is 45.9 Å². The minimum absolute atomic E-state index is 0.0142. The summed E-state index contributed by atoms with van der Waals surface area (Å²) >= 11 is 1.37. The van der Waals surface area contributed by atoms with E-state index >= 15 is 0 Å². The third-order valence-corrected chi connectivity index (χ3v) is 7.86. The number of benzene rings is 1. The Balaban J connectivity index is 1.88. The number of aryl methyl sites for hydroxylation is 2. The van der Waals surface area contributed by atoms with Gasteiger partial charge in [-0.25, -0.2) is 8.42 Å². The monoisotopic (exact) mass is 427 g/mol. The van der Waals surface area contributed by atoms with E-state index in [-0.39, 0.29) is 41.9 Å². The number of carbonyl (C=O) groups excluding carboxylic acids is 2. The van der Waals surface area contributed by atoms with Crippen LogP contribution in [-0.2, 0) is 24.2 Å². The van der Waals surface area contributed by atoms with Crippen LogP contribution < -0.4 is 0 Å². The van der Waals surface area contributed by atoms with E-state index in [0.29, 0.717) is 12.8 Å². The molecule has 0 N–H and O–H groups in total. The van der Waals surface area contributed by atoms with Crippen LogP contribution in [0.15, 0.2) is 23.1 Å². The molecule has 1 heterocycles. The van der Waals surface area contributed by atoms with E-state index in [1.165, 1.54) is 17.3 Å². The number of sulfone groups is 1. The van der Waals surface area contributed by atoms with Gasteiger partial charge in [0.2, 0.25) is 0 Å². The van der Waals surface area contributed by atoms with Gasteiger partial charge in [0.05, 0.1) is 17.3 Å². The van der Waals surface area contributed by atoms with Crippen molar-refractivity contribution in [1.29, 1.82) is 0 Å². The molecule has 8 heteroatoms. The number of hydrogen-bond acceptors (Lipinski definition) is 6. The van der Waals surface area contributed by atoms with Crippen LogP contribution in [0.2, 0.25) is 0 Å². The van der Waals surface area contributed by atoms with Gasteiger partial charge >= 0.3 is 5.97 Å². The summed E-state index contributed by atoms with van der Waals surface area (Å²) in [6.07, 6.45) is 1.15. The van der Waals surface area contributed by atoms with Crippen LogP contribution >= 0.6 is 11.8 Å². The van der Waals surface area contributed by atoms with Crippen molar-refractivity contribution in [2.24, 2.45) is 0 Å². The molecule has 0 spiro atoms. The molecular weight excluding hydrogens is 398 g/mol. The molecule has 0 aliphatic carbocycles. The SMILES string of the molecule is CC[C@@H](C)N(C(=O)COC(=O)CSc1ccc(C)c(C)c1)[C@H]1CCS(=O)(=O)C1. The lowest BCUT2D eigenvalue weighted by Gasteiger charge is -2.33. The summed E-state index contributed by atoms with van der Waals surface area (Å²) in [5, 5.41) is 0. The third-order valence-electron chi connectivity index (χ3n) is 5.15. The Bertz CT molecular complexity index is 822. The molecule has 1 aliphatic rings. The third kappa shape index (κ3) is 6.24. The minimum atomic E-state index is -3.10. The van der Waals surface area contributed by atoms with Gasteiger partial charge in [-0.15, -0.1) is 11.8 Å². The number of thioether (sulfide) groups is 1. The maximum Gasteiger partial charge on any atom is 0.316 e. The lowest BCUT2D eigenvalue weighted by molar-refractivity contribution is -0.152. The summed E-state index contributed by atoms with van der Waals surface area (Å²) in [6.45, 7) is 7.53. The highest BCUT2D eigenvalue weighted by Crippen LogP contribution is 2.23. The Morgan fingerprint density at radius 3 is 2.57 bits per heavy atom. The molecule has 6 nitrogen and oxygen atoms in total. The summed E-state index contributed by atoms with van der Waals surface area (Å²) in [5.41, 5.74) is 2.35. The van der Waals surface area contributed by atoms with Gasteiger partial charge in [-0.3, -0.25) is 9.59 Å². The summed E-state index contributed by atoms with van der Waals surface area (Å²) in [5.74, 6) is -0.582. The summed E-state index contributed by atoms with van der Waals surface area (Å²) in [4.78, 5) is 27.3. The fraction of sp³-hybridized carbons (Fsp3) is 0.600. The van der Waals surface area contributed by atoms with Crippen molar-refractivity contribution in [3.05, 3.63) is 29.3 Å². The molecule has 0 aromatic heterocycles. The van der Waals surface area contributed by atoms with Crippen molar-refractivity contribution in [3.8, 4) is 0 Å². The molecule has 2 rings (SSSR count). The Morgan fingerprint density at radius 2 is 2.00 bits per heavy atom. The van der Waals surface area contributed by atoms with Crippen molar-refractivity contribution >= 4 is 33.5 Å². The van der Waals surface area contributed by atoms with Gasteiger partial charge in [0, 0.05) is 17.0 Å². The number of ether oxygens (including phenoxy) is 1. The van der Waals surface area contributed by atoms with E-state index in [9.17, 15) is 18.0 Å². The zero-order valence-corrected chi connectivity index (χ0v) is 18.6. The minimum Gasteiger partial charge on any atom is -0.455 e. The Labute approximate surface area is 171 Å². The van der Waals surface area contributed by atoms with E-state index in [2.05, 4.69) is 0 Å². The highest BCUT2D eigenvalue weighted by atomic mass is 32.2. The molecule has 0 saturated carbocycles. The van der Waals surface area contributed by atoms with Gasteiger partial charge in [0.25, 0.3) is 5.91 Å². The van der Waals surface area contributed by atoms with Crippen molar-refractivity contribution < 1.29 is 22.7 Å². The first-order valence-corrected chi connectivity index (χ1v) is 12.3. The van der Waals surface area contributed by atoms with Crippen LogP contribution in [0.4, 0.5) is 0 Å². The predicted octanol–water partition coefficient (Wildman–Crippen LogP) is 2.75. The van der Waals surface area contributed by atoms with E-state index in [1.54, 1.807) is 4.90 Å². The first-order chi connectivity index (χ1) is 13.1. The average Bonchev–Trinajstić information content (AvgIpc) is 3.00. The van der Waals surface area contributed by atoms with Crippen LogP contribution in [0.25, 0.3) is 0 Å². The average molecular weight is 428 g/mol. The first-order valence-electron chi connectivity index (χ1n) is 9.50. The smallest absolute Gasteiger partial charge is 0.316 e. The highest BCUT2D eigenvalue weighted by Gasteiger charge is 2.36. The van der Waals surface area contributed by atoms with Gasteiger partial charge < -0.3 is 9.64 Å². The molecule has 156 valence electrons. The second-order valence-corrected chi connectivity index (χ2v) is 10.6. The summed E-state index contributed by atoms with van der Waals surface area (Å²) < 4.78 is 28.7. The van der Waals surface area contributed by atoms with E-state index < -0.39 is 15.8 Å². The van der Waals surface area contributed by atoms with Gasteiger partial charge in [0.1, 0.15) is 0 Å². The van der Waals surface area contributed by atoms with Crippen molar-refractivity contribution in [2.45, 2.75) is 57.5 Å². The normalized spacial score (nSPS) is 19.2. The number of carbonyl (C=O) groups is 2. The topological polar surface area (TPSA) is 80.8 Å². The van der Waals surface area contributed by atoms with Gasteiger partial charge in [-0.2, -0.15) is 0 Å². The Hall–Kier alpha value is -1.54. The van der Waals surface area contributed by atoms with E-state index in [0.717, 1.165) is 10.5 Å². The molecule has 2 atom stereocenters. The Morgan fingerprint density at radius 1 is 1.29 bits per heavy atom. The van der Waals surface area contributed by atoms with Crippen molar-refractivity contribution in [3.63, 3.8) is 0 Å². The molecule has 1 aromatic carbocycles. The zero-order valence-electron chi connectivity index (χ0n) is 16.9. The quantitative estimate of drug-likeness (QED) is 0.469. The standard InChI is InChI=1S/C20H29NO5S2/c1-5-16(4)21(17-8-9-28(24,25)13-17)19(22)11-26-20(23)12-27-18-7-6-14(2)15(3)10-18/h6-7,10,16-17H,5,8-9,11-13H2,1-4H3/t16-,17+/m1/s1. The number of amides is 1. The van der Waals surface area contributed by atoms with Crippen molar-refractivity contribution in [2.75, 3.05) is 23.9 Å². The van der Waals surface area contributed by atoms with Gasteiger partial charge in [0.15, 0.2) is 16.4 Å². The van der Waals surface area contributed by atoms with Crippen LogP contribution in [0.1, 0.15) is 37.8 Å². The largest absolute Gasteiger partial charge is 0.455 e. The fourth-order valence-electron chi connectivity index (χ4n) is 3.21. The summed E-state index contributed by atoms with van der Waals surface area (Å²) in [7, 11) is -3.10. The molecule has 0 unspecified atom stereocenters. The maximum absolute atomic E-state index is 12.6. The van der Waals surface area contributed by atoms with Crippen LogP contribution in [0.5, 0.6) is 0 Å².